The summed E-state index contributed by atoms with van der Waals surface area (Å²) in [6.45, 7) is 5.17. The van der Waals surface area contributed by atoms with Crippen LogP contribution in [0.4, 0.5) is 17.1 Å². The molecule has 1 atom stereocenters. The van der Waals surface area contributed by atoms with Gasteiger partial charge in [0.25, 0.3) is 0 Å². The van der Waals surface area contributed by atoms with Crippen molar-refractivity contribution in [3.8, 4) is 0 Å². The molecule has 2 N–H and O–H groups in total. The van der Waals surface area contributed by atoms with Crippen molar-refractivity contribution in [3.05, 3.63) is 53.6 Å². The van der Waals surface area contributed by atoms with Crippen molar-refractivity contribution in [1.29, 1.82) is 0 Å². The van der Waals surface area contributed by atoms with Crippen molar-refractivity contribution < 1.29 is 9.90 Å². The third kappa shape index (κ3) is 5.32. The molecule has 2 aromatic carbocycles. The molecule has 1 aliphatic rings. The van der Waals surface area contributed by atoms with Gasteiger partial charge >= 0.3 is 0 Å². The number of carboxylic acid groups (broad SMARTS) is 1. The molecular formula is C20H25N6O2S-. The summed E-state index contributed by atoms with van der Waals surface area (Å²) in [6.07, 6.45) is 0.771. The molecule has 0 saturated heterocycles. The second-order valence-corrected chi connectivity index (χ2v) is 7.36. The van der Waals surface area contributed by atoms with E-state index < -0.39 is 5.97 Å². The van der Waals surface area contributed by atoms with Gasteiger partial charge in [0.05, 0.1) is 18.2 Å². The minimum absolute atomic E-state index is 0.127. The first kappa shape index (κ1) is 20.8. The molecule has 0 fully saturated rings. The minimum atomic E-state index is -1.08. The molecule has 154 valence electrons. The Morgan fingerprint density at radius 3 is 2.66 bits per heavy atom. The maximum absolute atomic E-state index is 11.2. The van der Waals surface area contributed by atoms with Crippen molar-refractivity contribution in [2.24, 2.45) is 10.3 Å². The Balaban J connectivity index is 1.58. The Hall–Kier alpha value is -2.94. The number of rotatable bonds is 9. The van der Waals surface area contributed by atoms with Gasteiger partial charge in [0.2, 0.25) is 5.50 Å². The molecule has 3 rings (SSSR count). The number of hydrazine groups is 1. The first-order chi connectivity index (χ1) is 14.0. The zero-order valence-corrected chi connectivity index (χ0v) is 17.4. The fourth-order valence-electron chi connectivity index (χ4n) is 3.42. The highest BCUT2D eigenvalue weighted by molar-refractivity contribution is 7.81. The molecule has 2 aromatic rings. The SMILES string of the molecule is Cc1cccc(C)c1N(CCCNc1cccc(N2NN=NC2S)c1)CC(=O)[O-]. The second kappa shape index (κ2) is 9.51. The number of carboxylic acids is 1. The number of anilines is 3. The molecule has 29 heavy (non-hydrogen) atoms. The molecular weight excluding hydrogens is 388 g/mol. The second-order valence-electron chi connectivity index (χ2n) is 6.90. The van der Waals surface area contributed by atoms with E-state index in [2.05, 4.69) is 33.8 Å². The molecule has 0 bridgehead atoms. The fourth-order valence-corrected chi connectivity index (χ4v) is 3.66. The third-order valence-corrected chi connectivity index (χ3v) is 5.01. The summed E-state index contributed by atoms with van der Waals surface area (Å²) in [5, 5.41) is 24.0. The van der Waals surface area contributed by atoms with Gasteiger partial charge in [-0.2, -0.15) is 5.53 Å². The van der Waals surface area contributed by atoms with Crippen LogP contribution in [0.3, 0.4) is 0 Å². The quantitative estimate of drug-likeness (QED) is 0.431. The first-order valence-corrected chi connectivity index (χ1v) is 9.95. The Morgan fingerprint density at radius 2 is 2.00 bits per heavy atom. The number of thiol groups is 1. The van der Waals surface area contributed by atoms with Gasteiger partial charge in [-0.05, 0) is 49.6 Å². The monoisotopic (exact) mass is 413 g/mol. The topological polar surface area (TPSA) is 95.4 Å². The zero-order valence-electron chi connectivity index (χ0n) is 16.5. The van der Waals surface area contributed by atoms with E-state index in [9.17, 15) is 9.90 Å². The van der Waals surface area contributed by atoms with Crippen LogP contribution < -0.4 is 25.9 Å². The Morgan fingerprint density at radius 1 is 1.28 bits per heavy atom. The molecule has 1 unspecified atom stereocenters. The van der Waals surface area contributed by atoms with E-state index in [-0.39, 0.29) is 12.0 Å². The lowest BCUT2D eigenvalue weighted by molar-refractivity contribution is -0.303. The predicted molar refractivity (Wildman–Crippen MR) is 116 cm³/mol. The number of para-hydroxylation sites is 1. The van der Waals surface area contributed by atoms with Gasteiger partial charge in [0, 0.05) is 24.5 Å². The average molecular weight is 414 g/mol. The van der Waals surface area contributed by atoms with Crippen LogP contribution in [0.25, 0.3) is 0 Å². The van der Waals surface area contributed by atoms with Crippen molar-refractivity contribution in [2.75, 3.05) is 34.9 Å². The maximum atomic E-state index is 11.2. The van der Waals surface area contributed by atoms with Gasteiger partial charge in [0.1, 0.15) is 0 Å². The molecule has 1 aliphatic heterocycles. The molecule has 9 heteroatoms. The van der Waals surface area contributed by atoms with Crippen molar-refractivity contribution in [2.45, 2.75) is 25.8 Å². The van der Waals surface area contributed by atoms with Crippen LogP contribution in [0.5, 0.6) is 0 Å². The van der Waals surface area contributed by atoms with Gasteiger partial charge < -0.3 is 20.1 Å². The lowest BCUT2D eigenvalue weighted by Crippen LogP contribution is -2.39. The van der Waals surface area contributed by atoms with Crippen molar-refractivity contribution >= 4 is 35.7 Å². The van der Waals surface area contributed by atoms with Crippen LogP contribution in [-0.2, 0) is 4.79 Å². The first-order valence-electron chi connectivity index (χ1n) is 9.43. The van der Waals surface area contributed by atoms with E-state index in [4.69, 9.17) is 0 Å². The largest absolute Gasteiger partial charge is 0.548 e. The van der Waals surface area contributed by atoms with Crippen LogP contribution in [0.2, 0.25) is 0 Å². The van der Waals surface area contributed by atoms with E-state index in [1.807, 2.05) is 61.2 Å². The molecule has 0 aromatic heterocycles. The fraction of sp³-hybridized carbons (Fsp3) is 0.350. The molecule has 0 aliphatic carbocycles. The number of hydrogen-bond acceptors (Lipinski definition) is 9. The van der Waals surface area contributed by atoms with Crippen LogP contribution in [0, 0.1) is 13.8 Å². The average Bonchev–Trinajstić information content (AvgIpc) is 3.10. The summed E-state index contributed by atoms with van der Waals surface area (Å²) in [5.41, 5.74) is 7.37. The van der Waals surface area contributed by atoms with Crippen LogP contribution in [-0.4, -0.2) is 31.1 Å². The standard InChI is InChI=1S/C20H26N6O2S/c1-14-6-3-7-15(2)19(14)25(13-18(27)28)11-5-10-21-16-8-4-9-17(12-16)26-20(29)22-23-24-26/h3-4,6-9,12,20-21,29H,5,10-11,13H2,1-2H3,(H,22,24)(H,27,28)/p-1. The van der Waals surface area contributed by atoms with Crippen LogP contribution in [0.15, 0.2) is 52.8 Å². The number of benzene rings is 2. The molecule has 0 saturated carbocycles. The Labute approximate surface area is 176 Å². The Kier molecular flexibility index (Phi) is 6.82. The van der Waals surface area contributed by atoms with Gasteiger partial charge in [-0.25, -0.2) is 5.01 Å². The van der Waals surface area contributed by atoms with Crippen molar-refractivity contribution in [1.82, 2.24) is 5.53 Å². The summed E-state index contributed by atoms with van der Waals surface area (Å²) in [7, 11) is 0. The Bertz CT molecular complexity index is 871. The number of hydrogen-bond donors (Lipinski definition) is 3. The molecule has 8 nitrogen and oxygen atoms in total. The number of carbonyl (C=O) groups excluding carboxylic acids is 1. The summed E-state index contributed by atoms with van der Waals surface area (Å²) in [4.78, 5) is 13.1. The normalized spacial score (nSPS) is 15.3. The number of aryl methyl sites for hydroxylation is 2. The van der Waals surface area contributed by atoms with Crippen molar-refractivity contribution in [3.63, 3.8) is 0 Å². The molecule has 1 heterocycles. The van der Waals surface area contributed by atoms with E-state index in [1.165, 1.54) is 0 Å². The summed E-state index contributed by atoms with van der Waals surface area (Å²) < 4.78 is 0. The van der Waals surface area contributed by atoms with Gasteiger partial charge in [0.15, 0.2) is 0 Å². The van der Waals surface area contributed by atoms with E-state index in [0.29, 0.717) is 13.1 Å². The highest BCUT2D eigenvalue weighted by atomic mass is 32.1. The molecule has 0 radical (unpaired) electrons. The lowest BCUT2D eigenvalue weighted by Gasteiger charge is -2.28. The maximum Gasteiger partial charge on any atom is 0.207 e. The highest BCUT2D eigenvalue weighted by Crippen LogP contribution is 2.25. The van der Waals surface area contributed by atoms with Gasteiger partial charge in [-0.15, -0.1) is 17.7 Å². The summed E-state index contributed by atoms with van der Waals surface area (Å²) in [5.74, 6) is -1.08. The summed E-state index contributed by atoms with van der Waals surface area (Å²) >= 11 is 4.34. The third-order valence-electron chi connectivity index (χ3n) is 4.68. The van der Waals surface area contributed by atoms with E-state index >= 15 is 0 Å². The number of aliphatic carboxylic acids is 1. The van der Waals surface area contributed by atoms with Crippen LogP contribution in [0.1, 0.15) is 17.5 Å². The van der Waals surface area contributed by atoms with E-state index in [1.54, 1.807) is 5.01 Å². The lowest BCUT2D eigenvalue weighted by atomic mass is 10.1. The molecule has 0 spiro atoms. The smallest absolute Gasteiger partial charge is 0.207 e. The predicted octanol–water partition coefficient (Wildman–Crippen LogP) is 2.27. The minimum Gasteiger partial charge on any atom is -0.548 e. The van der Waals surface area contributed by atoms with Gasteiger partial charge in [-0.1, -0.05) is 29.5 Å². The van der Waals surface area contributed by atoms with E-state index in [0.717, 1.165) is 34.6 Å². The van der Waals surface area contributed by atoms with Crippen LogP contribution >= 0.6 is 12.6 Å². The number of nitrogens with one attached hydrogen (secondary N) is 2. The summed E-state index contributed by atoms with van der Waals surface area (Å²) in [6, 6.07) is 13.8. The number of nitrogens with zero attached hydrogens (tertiary/aromatic N) is 4. The zero-order chi connectivity index (χ0) is 20.8. The van der Waals surface area contributed by atoms with Gasteiger partial charge in [-0.3, -0.25) is 0 Å². The number of carbonyl (C=O) groups is 1. The molecule has 0 amide bonds. The highest BCUT2D eigenvalue weighted by Gasteiger charge is 2.19.